The van der Waals surface area contributed by atoms with Crippen molar-refractivity contribution < 1.29 is 52.0 Å². The summed E-state index contributed by atoms with van der Waals surface area (Å²) in [5.41, 5.74) is 0.718. The Balaban J connectivity index is 2.47. The highest BCUT2D eigenvalue weighted by molar-refractivity contribution is 6.74. The first-order valence-corrected chi connectivity index (χ1v) is 15.6. The molecule has 1 heterocycles. The Morgan fingerprint density at radius 2 is 1.36 bits per heavy atom. The Hall–Kier alpha value is -2.96. The molecule has 39 heavy (non-hydrogen) atoms. The average Bonchev–Trinajstić information content (AvgIpc) is 2.79. The zero-order valence-corrected chi connectivity index (χ0v) is 25.1. The summed E-state index contributed by atoms with van der Waals surface area (Å²) < 4.78 is 40.1. The Morgan fingerprint density at radius 1 is 0.821 bits per heavy atom. The van der Waals surface area contributed by atoms with E-state index in [1.54, 1.807) is 12.1 Å². The van der Waals surface area contributed by atoms with Gasteiger partial charge in [-0.25, -0.2) is 0 Å². The van der Waals surface area contributed by atoms with Gasteiger partial charge in [0.25, 0.3) is 0 Å². The summed E-state index contributed by atoms with van der Waals surface area (Å²) in [5.74, 6) is -2.34. The molecule has 0 amide bonds. The third-order valence-corrected chi connectivity index (χ3v) is 11.0. The van der Waals surface area contributed by atoms with Gasteiger partial charge in [-0.2, -0.15) is 0 Å². The fourth-order valence-corrected chi connectivity index (χ4v) is 4.57. The SMILES string of the molecule is CC(=O)OCC1O[C@@H](Oc2ccccc2CO[Si](C)(C)C(C)(C)C)C(OC(C)=O)[C@@H](OC(C)=O)[C@H]1OC(C)=O. The van der Waals surface area contributed by atoms with Gasteiger partial charge in [0.05, 0.1) is 6.61 Å². The predicted octanol–water partition coefficient (Wildman–Crippen LogP) is 3.67. The normalized spacial score (nSPS) is 23.4. The van der Waals surface area contributed by atoms with Gasteiger partial charge in [-0.05, 0) is 24.2 Å². The zero-order valence-electron chi connectivity index (χ0n) is 24.1. The standard InChI is InChI=1S/C27H40O11Si/c1-16(28)32-15-22-23(34-17(2)29)24(35-18(3)30)25(36-19(4)31)26(38-22)37-21-13-11-10-12-20(21)14-33-39(8,9)27(5,6)7/h10-13,22-26H,14-15H2,1-9H3/t22?,23-,24-,25?,26+/m0/s1. The second kappa shape index (κ2) is 13.4. The second-order valence-electron chi connectivity index (χ2n) is 10.8. The van der Waals surface area contributed by atoms with E-state index in [2.05, 4.69) is 33.9 Å². The summed E-state index contributed by atoms with van der Waals surface area (Å²) in [4.78, 5) is 47.6. The summed E-state index contributed by atoms with van der Waals surface area (Å²) in [5, 5.41) is -0.0113. The van der Waals surface area contributed by atoms with Crippen LogP contribution in [0.15, 0.2) is 24.3 Å². The lowest BCUT2D eigenvalue weighted by atomic mass is 9.98. The van der Waals surface area contributed by atoms with Crippen LogP contribution < -0.4 is 4.74 Å². The van der Waals surface area contributed by atoms with Crippen LogP contribution in [0.25, 0.3) is 0 Å². The molecule has 0 aromatic heterocycles. The van der Waals surface area contributed by atoms with E-state index in [9.17, 15) is 19.2 Å². The highest BCUT2D eigenvalue weighted by Crippen LogP contribution is 2.38. The van der Waals surface area contributed by atoms with Crippen LogP contribution in [0, 0.1) is 0 Å². The molecule has 2 rings (SSSR count). The maximum Gasteiger partial charge on any atom is 0.303 e. The van der Waals surface area contributed by atoms with Crippen LogP contribution >= 0.6 is 0 Å². The molecule has 0 aliphatic carbocycles. The zero-order chi connectivity index (χ0) is 29.5. The molecule has 218 valence electrons. The maximum atomic E-state index is 12.1. The maximum absolute atomic E-state index is 12.1. The fourth-order valence-electron chi connectivity index (χ4n) is 3.62. The first kappa shape index (κ1) is 32.2. The third-order valence-electron chi connectivity index (χ3n) is 6.56. The van der Waals surface area contributed by atoms with Crippen LogP contribution in [0.5, 0.6) is 5.75 Å². The summed E-state index contributed by atoms with van der Waals surface area (Å²) in [6, 6.07) is 7.15. The smallest absolute Gasteiger partial charge is 0.303 e. The summed E-state index contributed by atoms with van der Waals surface area (Å²) in [7, 11) is -2.10. The molecule has 2 unspecified atom stereocenters. The average molecular weight is 569 g/mol. The van der Waals surface area contributed by atoms with Crippen molar-refractivity contribution in [3.8, 4) is 5.75 Å². The van der Waals surface area contributed by atoms with Gasteiger partial charge in [0.2, 0.25) is 12.4 Å². The van der Waals surface area contributed by atoms with E-state index < -0.39 is 62.9 Å². The Kier molecular flexibility index (Phi) is 11.1. The highest BCUT2D eigenvalue weighted by Gasteiger charge is 2.53. The number of hydrogen-bond acceptors (Lipinski definition) is 11. The lowest BCUT2D eigenvalue weighted by molar-refractivity contribution is -0.288. The quantitative estimate of drug-likeness (QED) is 0.233. The van der Waals surface area contributed by atoms with Crippen molar-refractivity contribution in [2.45, 2.75) is 104 Å². The van der Waals surface area contributed by atoms with Gasteiger partial charge in [-0.15, -0.1) is 0 Å². The predicted molar refractivity (Wildman–Crippen MR) is 141 cm³/mol. The number of ether oxygens (including phenoxy) is 6. The van der Waals surface area contributed by atoms with Gasteiger partial charge in [0, 0.05) is 33.3 Å². The van der Waals surface area contributed by atoms with Crippen molar-refractivity contribution in [2.24, 2.45) is 0 Å². The van der Waals surface area contributed by atoms with Crippen LogP contribution in [0.4, 0.5) is 0 Å². The molecule has 0 spiro atoms. The van der Waals surface area contributed by atoms with Crippen molar-refractivity contribution in [3.05, 3.63) is 29.8 Å². The van der Waals surface area contributed by atoms with Crippen LogP contribution in [-0.4, -0.2) is 69.5 Å². The van der Waals surface area contributed by atoms with Gasteiger partial charge < -0.3 is 32.8 Å². The minimum atomic E-state index is -2.10. The Morgan fingerprint density at radius 3 is 1.90 bits per heavy atom. The molecule has 1 fully saturated rings. The van der Waals surface area contributed by atoms with Gasteiger partial charge in [-0.1, -0.05) is 39.0 Å². The summed E-state index contributed by atoms with van der Waals surface area (Å²) in [6.07, 6.45) is -6.31. The lowest BCUT2D eigenvalue weighted by Crippen LogP contribution is -2.63. The molecule has 0 bridgehead atoms. The monoisotopic (exact) mass is 568 g/mol. The third kappa shape index (κ3) is 9.33. The first-order chi connectivity index (χ1) is 18.0. The number of esters is 4. The minimum Gasteiger partial charge on any atom is -0.463 e. The van der Waals surface area contributed by atoms with E-state index in [-0.39, 0.29) is 18.3 Å². The molecule has 0 N–H and O–H groups in total. The number of carbonyl (C=O) groups excluding carboxylic acids is 4. The molecule has 1 saturated heterocycles. The van der Waals surface area contributed by atoms with E-state index >= 15 is 0 Å². The second-order valence-corrected chi connectivity index (χ2v) is 15.7. The molecule has 12 heteroatoms. The molecule has 0 saturated carbocycles. The molecule has 11 nitrogen and oxygen atoms in total. The van der Waals surface area contributed by atoms with Crippen molar-refractivity contribution in [1.82, 2.24) is 0 Å². The molecule has 1 aliphatic rings. The molecule has 1 aromatic rings. The van der Waals surface area contributed by atoms with Gasteiger partial charge in [0.1, 0.15) is 18.5 Å². The van der Waals surface area contributed by atoms with Crippen LogP contribution in [0.2, 0.25) is 18.1 Å². The van der Waals surface area contributed by atoms with Gasteiger partial charge in [-0.3, -0.25) is 19.2 Å². The summed E-state index contributed by atoms with van der Waals surface area (Å²) >= 11 is 0. The number of rotatable bonds is 10. The highest BCUT2D eigenvalue weighted by atomic mass is 28.4. The number of carbonyl (C=O) groups is 4. The summed E-state index contributed by atoms with van der Waals surface area (Å²) in [6.45, 7) is 15.3. The molecule has 1 aromatic carbocycles. The molecular formula is C27H40O11Si. The van der Waals surface area contributed by atoms with Gasteiger partial charge >= 0.3 is 23.9 Å². The number of para-hydroxylation sites is 1. The van der Waals surface area contributed by atoms with Crippen LogP contribution in [0.1, 0.15) is 54.0 Å². The van der Waals surface area contributed by atoms with Crippen molar-refractivity contribution >= 4 is 32.2 Å². The Labute approximate surface area is 230 Å². The number of hydrogen-bond donors (Lipinski definition) is 0. The Bertz CT molecular complexity index is 1030. The van der Waals surface area contributed by atoms with Crippen LogP contribution in [0.3, 0.4) is 0 Å². The topological polar surface area (TPSA) is 133 Å². The lowest BCUT2D eigenvalue weighted by Gasteiger charge is -2.44. The van der Waals surface area contributed by atoms with E-state index in [1.165, 1.54) is 13.8 Å². The fraction of sp³-hybridized carbons (Fsp3) is 0.630. The molecule has 0 radical (unpaired) electrons. The largest absolute Gasteiger partial charge is 0.463 e. The van der Waals surface area contributed by atoms with Gasteiger partial charge in [0.15, 0.2) is 20.5 Å². The van der Waals surface area contributed by atoms with E-state index in [4.69, 9.17) is 32.8 Å². The molecule has 5 atom stereocenters. The molecule has 1 aliphatic heterocycles. The van der Waals surface area contributed by atoms with Crippen molar-refractivity contribution in [3.63, 3.8) is 0 Å². The first-order valence-electron chi connectivity index (χ1n) is 12.7. The van der Waals surface area contributed by atoms with Crippen LogP contribution in [-0.2, 0) is 53.9 Å². The van der Waals surface area contributed by atoms with Crippen molar-refractivity contribution in [2.75, 3.05) is 6.61 Å². The van der Waals surface area contributed by atoms with E-state index in [1.807, 2.05) is 12.1 Å². The van der Waals surface area contributed by atoms with E-state index in [0.29, 0.717) is 5.75 Å². The molecular weight excluding hydrogens is 528 g/mol. The van der Waals surface area contributed by atoms with Crippen molar-refractivity contribution in [1.29, 1.82) is 0 Å². The minimum absolute atomic E-state index is 0.0113. The number of benzene rings is 1. The van der Waals surface area contributed by atoms with E-state index in [0.717, 1.165) is 19.4 Å².